The zero-order valence-corrected chi connectivity index (χ0v) is 11.3. The molecule has 0 saturated heterocycles. The Morgan fingerprint density at radius 2 is 2.00 bits per heavy atom. The number of nitrogens with one attached hydrogen (secondary N) is 1. The Morgan fingerprint density at radius 1 is 1.41 bits per heavy atom. The van der Waals surface area contributed by atoms with Gasteiger partial charge in [-0.15, -0.1) is 0 Å². The summed E-state index contributed by atoms with van der Waals surface area (Å²) in [6.07, 6.45) is 0.588. The van der Waals surface area contributed by atoms with Crippen LogP contribution in [0.2, 0.25) is 0 Å². The first-order valence-corrected chi connectivity index (χ1v) is 7.29. The van der Waals surface area contributed by atoms with E-state index in [9.17, 15) is 13.2 Å². The van der Waals surface area contributed by atoms with Crippen molar-refractivity contribution in [3.8, 4) is 0 Å². The monoisotopic (exact) mass is 267 g/mol. The van der Waals surface area contributed by atoms with Gasteiger partial charge in [0.2, 0.25) is 10.0 Å². The average Bonchev–Trinajstić information content (AvgIpc) is 2.25. The highest BCUT2D eigenvalue weighted by molar-refractivity contribution is 7.89. The van der Waals surface area contributed by atoms with Gasteiger partial charge in [0, 0.05) is 6.61 Å². The van der Waals surface area contributed by atoms with Gasteiger partial charge in [-0.3, -0.25) is 4.79 Å². The molecule has 0 aliphatic heterocycles. The number of carbonyl (C=O) groups is 1. The molecule has 2 unspecified atom stereocenters. The Bertz CT molecular complexity index is 328. The highest BCUT2D eigenvalue weighted by Crippen LogP contribution is 2.09. The lowest BCUT2D eigenvalue weighted by Gasteiger charge is -2.19. The first kappa shape index (κ1) is 16.3. The van der Waals surface area contributed by atoms with Gasteiger partial charge in [-0.2, -0.15) is 0 Å². The lowest BCUT2D eigenvalue weighted by atomic mass is 10.0. The molecule has 0 aromatic rings. The molecule has 0 bridgehead atoms. The molecular weight excluding hydrogens is 246 g/mol. The molecule has 0 rings (SSSR count). The van der Waals surface area contributed by atoms with Crippen molar-refractivity contribution in [1.82, 2.24) is 4.72 Å². The number of carboxylic acid groups (broad SMARTS) is 1. The molecule has 17 heavy (non-hydrogen) atoms. The Morgan fingerprint density at radius 3 is 2.41 bits per heavy atom. The van der Waals surface area contributed by atoms with Gasteiger partial charge in [-0.25, -0.2) is 13.1 Å². The molecule has 0 fully saturated rings. The molecule has 102 valence electrons. The summed E-state index contributed by atoms with van der Waals surface area (Å²) in [4.78, 5) is 10.9. The number of aliphatic carboxylic acids is 1. The van der Waals surface area contributed by atoms with Crippen molar-refractivity contribution in [3.63, 3.8) is 0 Å². The van der Waals surface area contributed by atoms with Crippen LogP contribution in [0.4, 0.5) is 0 Å². The van der Waals surface area contributed by atoms with Crippen molar-refractivity contribution >= 4 is 16.0 Å². The number of hydrogen-bond donors (Lipinski definition) is 2. The van der Waals surface area contributed by atoms with E-state index < -0.39 is 22.0 Å². The van der Waals surface area contributed by atoms with Crippen LogP contribution in [0.3, 0.4) is 0 Å². The summed E-state index contributed by atoms with van der Waals surface area (Å²) in [7, 11) is -3.61. The Balaban J connectivity index is 4.48. The predicted octanol–water partition coefficient (Wildman–Crippen LogP) is 0.442. The molecule has 0 aromatic heterocycles. The second-order valence-electron chi connectivity index (χ2n) is 3.84. The normalized spacial score (nSPS) is 15.5. The smallest absolute Gasteiger partial charge is 0.322 e. The number of carboxylic acids is 1. The fourth-order valence-electron chi connectivity index (χ4n) is 1.21. The van der Waals surface area contributed by atoms with Gasteiger partial charge >= 0.3 is 5.97 Å². The van der Waals surface area contributed by atoms with E-state index in [-0.39, 0.29) is 18.3 Å². The highest BCUT2D eigenvalue weighted by atomic mass is 32.2. The molecule has 0 heterocycles. The Labute approximate surface area is 102 Å². The number of sulfonamides is 1. The summed E-state index contributed by atoms with van der Waals surface area (Å²) in [5.74, 6) is -1.63. The largest absolute Gasteiger partial charge is 0.480 e. The first-order chi connectivity index (χ1) is 7.84. The minimum absolute atomic E-state index is 0.0681. The van der Waals surface area contributed by atoms with Crippen molar-refractivity contribution in [2.45, 2.75) is 33.2 Å². The van der Waals surface area contributed by atoms with Crippen molar-refractivity contribution in [3.05, 3.63) is 0 Å². The topological polar surface area (TPSA) is 92.7 Å². The van der Waals surface area contributed by atoms with Gasteiger partial charge in [0.25, 0.3) is 0 Å². The van der Waals surface area contributed by atoms with E-state index in [1.165, 1.54) is 0 Å². The van der Waals surface area contributed by atoms with Crippen LogP contribution >= 0.6 is 0 Å². The summed E-state index contributed by atoms with van der Waals surface area (Å²) in [5.41, 5.74) is 0. The first-order valence-electron chi connectivity index (χ1n) is 5.64. The Kier molecular flexibility index (Phi) is 7.33. The van der Waals surface area contributed by atoms with E-state index in [0.29, 0.717) is 13.0 Å². The fourth-order valence-corrected chi connectivity index (χ4v) is 2.39. The molecule has 0 aliphatic carbocycles. The number of ether oxygens (including phenoxy) is 1. The SMILES string of the molecule is CCOCCS(=O)(=O)NC(C(=O)O)C(C)CC. The standard InChI is InChI=1S/C10H21NO5S/c1-4-8(3)9(10(12)13)11-17(14,15)7-6-16-5-2/h8-9,11H,4-7H2,1-3H3,(H,12,13). The molecule has 2 N–H and O–H groups in total. The van der Waals surface area contributed by atoms with E-state index in [0.717, 1.165) is 0 Å². The minimum atomic E-state index is -3.61. The molecule has 0 radical (unpaired) electrons. The van der Waals surface area contributed by atoms with Crippen LogP contribution in [-0.2, 0) is 19.6 Å². The maximum Gasteiger partial charge on any atom is 0.322 e. The molecule has 7 heteroatoms. The third kappa shape index (κ3) is 6.60. The van der Waals surface area contributed by atoms with E-state index in [1.807, 2.05) is 6.92 Å². The predicted molar refractivity (Wildman–Crippen MR) is 64.3 cm³/mol. The number of hydrogen-bond acceptors (Lipinski definition) is 4. The molecule has 2 atom stereocenters. The third-order valence-corrected chi connectivity index (χ3v) is 3.80. The number of rotatable bonds is 9. The second-order valence-corrected chi connectivity index (χ2v) is 5.71. The van der Waals surface area contributed by atoms with Crippen LogP contribution < -0.4 is 4.72 Å². The summed E-state index contributed by atoms with van der Waals surface area (Å²) in [5, 5.41) is 8.95. The van der Waals surface area contributed by atoms with Crippen LogP contribution in [-0.4, -0.2) is 44.5 Å². The van der Waals surface area contributed by atoms with Crippen LogP contribution in [0.25, 0.3) is 0 Å². The summed E-state index contributed by atoms with van der Waals surface area (Å²) >= 11 is 0. The highest BCUT2D eigenvalue weighted by Gasteiger charge is 2.28. The second kappa shape index (κ2) is 7.62. The van der Waals surface area contributed by atoms with Crippen LogP contribution in [0.5, 0.6) is 0 Å². The lowest BCUT2D eigenvalue weighted by Crippen LogP contribution is -2.46. The van der Waals surface area contributed by atoms with Gasteiger partial charge < -0.3 is 9.84 Å². The molecule has 0 spiro atoms. The van der Waals surface area contributed by atoms with Crippen molar-refractivity contribution in [2.24, 2.45) is 5.92 Å². The molecule has 0 saturated carbocycles. The maximum atomic E-state index is 11.6. The quantitative estimate of drug-likeness (QED) is 0.591. The molecular formula is C10H21NO5S. The Hall–Kier alpha value is -0.660. The van der Waals surface area contributed by atoms with Crippen LogP contribution in [0.15, 0.2) is 0 Å². The zero-order valence-electron chi connectivity index (χ0n) is 10.5. The summed E-state index contributed by atoms with van der Waals surface area (Å²) in [6.45, 7) is 5.78. The van der Waals surface area contributed by atoms with Gasteiger partial charge in [0.1, 0.15) is 6.04 Å². The van der Waals surface area contributed by atoms with Gasteiger partial charge in [0.05, 0.1) is 12.4 Å². The van der Waals surface area contributed by atoms with Crippen molar-refractivity contribution in [1.29, 1.82) is 0 Å². The van der Waals surface area contributed by atoms with Gasteiger partial charge in [0.15, 0.2) is 0 Å². The fraction of sp³-hybridized carbons (Fsp3) is 0.900. The van der Waals surface area contributed by atoms with E-state index in [4.69, 9.17) is 9.84 Å². The lowest BCUT2D eigenvalue weighted by molar-refractivity contribution is -0.140. The third-order valence-electron chi connectivity index (χ3n) is 2.49. The molecule has 6 nitrogen and oxygen atoms in total. The van der Waals surface area contributed by atoms with Crippen LogP contribution in [0, 0.1) is 5.92 Å². The van der Waals surface area contributed by atoms with E-state index >= 15 is 0 Å². The van der Waals surface area contributed by atoms with Gasteiger partial charge in [-0.1, -0.05) is 20.3 Å². The molecule has 0 aromatic carbocycles. The van der Waals surface area contributed by atoms with E-state index in [1.54, 1.807) is 13.8 Å². The maximum absolute atomic E-state index is 11.6. The zero-order chi connectivity index (χ0) is 13.5. The molecule has 0 aliphatic rings. The van der Waals surface area contributed by atoms with E-state index in [2.05, 4.69) is 4.72 Å². The van der Waals surface area contributed by atoms with Crippen molar-refractivity contribution < 1.29 is 23.1 Å². The minimum Gasteiger partial charge on any atom is -0.480 e. The average molecular weight is 267 g/mol. The van der Waals surface area contributed by atoms with Crippen LogP contribution in [0.1, 0.15) is 27.2 Å². The van der Waals surface area contributed by atoms with Gasteiger partial charge in [-0.05, 0) is 12.8 Å². The van der Waals surface area contributed by atoms with Crippen molar-refractivity contribution in [2.75, 3.05) is 19.0 Å². The summed E-state index contributed by atoms with van der Waals surface area (Å²) in [6, 6.07) is -1.08. The molecule has 0 amide bonds. The summed E-state index contributed by atoms with van der Waals surface area (Å²) < 4.78 is 30.3.